The third-order valence-corrected chi connectivity index (χ3v) is 4.31. The second-order valence-corrected chi connectivity index (χ2v) is 5.56. The van der Waals surface area contributed by atoms with Crippen LogP contribution >= 0.6 is 0 Å². The maximum absolute atomic E-state index is 12.7. The van der Waals surface area contributed by atoms with Gasteiger partial charge in [0.1, 0.15) is 17.4 Å². The van der Waals surface area contributed by atoms with Crippen molar-refractivity contribution in [3.63, 3.8) is 0 Å². The lowest BCUT2D eigenvalue weighted by atomic mass is 10.1. The molecule has 4 heteroatoms. The number of nitriles is 1. The third-order valence-electron chi connectivity index (χ3n) is 4.31. The molecular formula is C18H18N2O2. The van der Waals surface area contributed by atoms with E-state index in [9.17, 15) is 4.79 Å². The van der Waals surface area contributed by atoms with Crippen LogP contribution in [0.4, 0.5) is 0 Å². The van der Waals surface area contributed by atoms with Gasteiger partial charge in [0.2, 0.25) is 0 Å². The Hall–Kier alpha value is -2.54. The topological polar surface area (TPSA) is 55.0 Å². The predicted octanol–water partition coefficient (Wildman–Crippen LogP) is 3.51. The number of benzene rings is 1. The average Bonchev–Trinajstić information content (AvgIpc) is 3.08. The van der Waals surface area contributed by atoms with Crippen LogP contribution in [0.15, 0.2) is 41.2 Å². The molecule has 22 heavy (non-hydrogen) atoms. The fourth-order valence-corrected chi connectivity index (χ4v) is 3.24. The van der Waals surface area contributed by atoms with Gasteiger partial charge in [-0.05, 0) is 37.1 Å². The van der Waals surface area contributed by atoms with Gasteiger partial charge in [0.15, 0.2) is 0 Å². The van der Waals surface area contributed by atoms with Crippen LogP contribution in [0.3, 0.4) is 0 Å². The second kappa shape index (κ2) is 6.07. The SMILES string of the molecule is COc1ccccc1-c1ccc(C#N)c(=O)n1C1CCCC1. The van der Waals surface area contributed by atoms with Crippen LogP contribution in [-0.2, 0) is 0 Å². The van der Waals surface area contributed by atoms with Crippen LogP contribution < -0.4 is 10.3 Å². The molecule has 4 nitrogen and oxygen atoms in total. The maximum Gasteiger partial charge on any atom is 0.269 e. The monoisotopic (exact) mass is 294 g/mol. The zero-order valence-electron chi connectivity index (χ0n) is 12.6. The summed E-state index contributed by atoms with van der Waals surface area (Å²) in [6, 6.07) is 13.3. The highest BCUT2D eigenvalue weighted by atomic mass is 16.5. The van der Waals surface area contributed by atoms with Crippen LogP contribution in [-0.4, -0.2) is 11.7 Å². The Bertz CT molecular complexity index is 780. The normalized spacial score (nSPS) is 14.7. The van der Waals surface area contributed by atoms with Crippen molar-refractivity contribution in [3.8, 4) is 23.1 Å². The van der Waals surface area contributed by atoms with Crippen LogP contribution in [0, 0.1) is 11.3 Å². The molecule has 0 aliphatic heterocycles. The standard InChI is InChI=1S/C18H18N2O2/c1-22-17-9-5-4-8-15(17)16-11-10-13(12-19)18(21)20(16)14-6-2-3-7-14/h4-5,8-11,14H,2-3,6-7H2,1H3. The Kier molecular flexibility index (Phi) is 3.97. The summed E-state index contributed by atoms with van der Waals surface area (Å²) in [5.74, 6) is 0.735. The van der Waals surface area contributed by atoms with Gasteiger partial charge in [-0.15, -0.1) is 0 Å². The maximum atomic E-state index is 12.7. The summed E-state index contributed by atoms with van der Waals surface area (Å²) in [4.78, 5) is 12.7. The molecule has 3 rings (SSSR count). The van der Waals surface area contributed by atoms with Gasteiger partial charge in [0.05, 0.1) is 12.8 Å². The van der Waals surface area contributed by atoms with Crippen molar-refractivity contribution in [2.75, 3.05) is 7.11 Å². The van der Waals surface area contributed by atoms with Gasteiger partial charge in [-0.1, -0.05) is 25.0 Å². The van der Waals surface area contributed by atoms with Gasteiger partial charge in [-0.2, -0.15) is 5.26 Å². The van der Waals surface area contributed by atoms with Gasteiger partial charge in [-0.25, -0.2) is 0 Å². The molecule has 0 spiro atoms. The predicted molar refractivity (Wildman–Crippen MR) is 84.9 cm³/mol. The van der Waals surface area contributed by atoms with E-state index in [4.69, 9.17) is 10.00 Å². The summed E-state index contributed by atoms with van der Waals surface area (Å²) >= 11 is 0. The van der Waals surface area contributed by atoms with Crippen molar-refractivity contribution in [2.45, 2.75) is 31.7 Å². The fourth-order valence-electron chi connectivity index (χ4n) is 3.24. The molecule has 1 heterocycles. The molecule has 1 aromatic heterocycles. The average molecular weight is 294 g/mol. The van der Waals surface area contributed by atoms with Crippen LogP contribution in [0.5, 0.6) is 5.75 Å². The molecular weight excluding hydrogens is 276 g/mol. The lowest BCUT2D eigenvalue weighted by molar-refractivity contribution is 0.415. The van der Waals surface area contributed by atoms with Crippen molar-refractivity contribution < 1.29 is 4.74 Å². The molecule has 0 N–H and O–H groups in total. The van der Waals surface area contributed by atoms with E-state index in [0.29, 0.717) is 0 Å². The Labute approximate surface area is 129 Å². The number of methoxy groups -OCH3 is 1. The number of ether oxygens (including phenoxy) is 1. The first-order chi connectivity index (χ1) is 10.8. The zero-order chi connectivity index (χ0) is 15.5. The third kappa shape index (κ3) is 2.39. The van der Waals surface area contributed by atoms with Gasteiger partial charge in [0.25, 0.3) is 5.56 Å². The van der Waals surface area contributed by atoms with Gasteiger partial charge >= 0.3 is 0 Å². The largest absolute Gasteiger partial charge is 0.496 e. The quantitative estimate of drug-likeness (QED) is 0.870. The number of hydrogen-bond acceptors (Lipinski definition) is 3. The highest BCUT2D eigenvalue weighted by Crippen LogP contribution is 2.35. The lowest BCUT2D eigenvalue weighted by Gasteiger charge is -2.20. The molecule has 0 bridgehead atoms. The minimum Gasteiger partial charge on any atom is -0.496 e. The second-order valence-electron chi connectivity index (χ2n) is 5.56. The Morgan fingerprint density at radius 3 is 2.59 bits per heavy atom. The summed E-state index contributed by atoms with van der Waals surface area (Å²) in [7, 11) is 1.63. The minimum absolute atomic E-state index is 0.167. The number of nitrogens with zero attached hydrogens (tertiary/aromatic N) is 2. The fraction of sp³-hybridized carbons (Fsp3) is 0.333. The van der Waals surface area contributed by atoms with Crippen LogP contribution in [0.1, 0.15) is 37.3 Å². The Morgan fingerprint density at radius 1 is 1.18 bits per heavy atom. The first kappa shape index (κ1) is 14.4. The van der Waals surface area contributed by atoms with Crippen molar-refractivity contribution >= 4 is 0 Å². The molecule has 0 unspecified atom stereocenters. The molecule has 1 aromatic carbocycles. The Morgan fingerprint density at radius 2 is 1.91 bits per heavy atom. The van der Waals surface area contributed by atoms with E-state index in [1.54, 1.807) is 17.7 Å². The molecule has 112 valence electrons. The number of para-hydroxylation sites is 1. The molecule has 0 radical (unpaired) electrons. The number of aromatic nitrogens is 1. The molecule has 1 aliphatic rings. The van der Waals surface area contributed by atoms with Gasteiger partial charge in [-0.3, -0.25) is 4.79 Å². The summed E-state index contributed by atoms with van der Waals surface area (Å²) in [5.41, 5.74) is 1.72. The molecule has 0 atom stereocenters. The highest BCUT2D eigenvalue weighted by molar-refractivity contribution is 5.68. The molecule has 0 saturated heterocycles. The molecule has 2 aromatic rings. The van der Waals surface area contributed by atoms with Crippen molar-refractivity contribution in [1.29, 1.82) is 5.26 Å². The molecule has 1 aliphatic carbocycles. The lowest BCUT2D eigenvalue weighted by Crippen LogP contribution is -2.27. The summed E-state index contributed by atoms with van der Waals surface area (Å²) in [6.45, 7) is 0. The molecule has 1 saturated carbocycles. The molecule has 1 fully saturated rings. The first-order valence-electron chi connectivity index (χ1n) is 7.55. The summed E-state index contributed by atoms with van der Waals surface area (Å²) < 4.78 is 7.23. The van der Waals surface area contributed by atoms with Gasteiger partial charge in [0, 0.05) is 11.6 Å². The summed E-state index contributed by atoms with van der Waals surface area (Å²) in [5, 5.41) is 9.16. The van der Waals surface area contributed by atoms with E-state index >= 15 is 0 Å². The first-order valence-corrected chi connectivity index (χ1v) is 7.55. The van der Waals surface area contributed by atoms with E-state index in [0.717, 1.165) is 42.7 Å². The van der Waals surface area contributed by atoms with Crippen LogP contribution in [0.25, 0.3) is 11.3 Å². The highest BCUT2D eigenvalue weighted by Gasteiger charge is 2.23. The zero-order valence-corrected chi connectivity index (χ0v) is 12.6. The number of hydrogen-bond donors (Lipinski definition) is 0. The van der Waals surface area contributed by atoms with Crippen LogP contribution in [0.2, 0.25) is 0 Å². The Balaban J connectivity index is 2.25. The van der Waals surface area contributed by atoms with E-state index in [-0.39, 0.29) is 17.2 Å². The van der Waals surface area contributed by atoms with E-state index in [2.05, 4.69) is 0 Å². The van der Waals surface area contributed by atoms with E-state index < -0.39 is 0 Å². The van der Waals surface area contributed by atoms with Gasteiger partial charge < -0.3 is 9.30 Å². The van der Waals surface area contributed by atoms with Crippen molar-refractivity contribution in [1.82, 2.24) is 4.57 Å². The number of rotatable bonds is 3. The minimum atomic E-state index is -0.196. The van der Waals surface area contributed by atoms with E-state index in [1.807, 2.05) is 36.4 Å². The smallest absolute Gasteiger partial charge is 0.269 e. The van der Waals surface area contributed by atoms with E-state index in [1.165, 1.54) is 0 Å². The molecule has 0 amide bonds. The van der Waals surface area contributed by atoms with Crippen molar-refractivity contribution in [2.24, 2.45) is 0 Å². The number of pyridine rings is 1. The van der Waals surface area contributed by atoms with Crippen molar-refractivity contribution in [3.05, 3.63) is 52.3 Å². The summed E-state index contributed by atoms with van der Waals surface area (Å²) in [6.07, 6.45) is 4.21.